The molecule has 0 aliphatic carbocycles. The smallest absolute Gasteiger partial charge is 0.328 e. The lowest BCUT2D eigenvalue weighted by Gasteiger charge is -2.16. The molecule has 0 saturated carbocycles. The van der Waals surface area contributed by atoms with Crippen LogP contribution in [-0.4, -0.2) is 43.6 Å². The summed E-state index contributed by atoms with van der Waals surface area (Å²) < 4.78 is 12.1. The molecule has 0 fully saturated rings. The highest BCUT2D eigenvalue weighted by Crippen LogP contribution is 2.39. The lowest BCUT2D eigenvalue weighted by Crippen LogP contribution is -2.28. The second-order valence-corrected chi connectivity index (χ2v) is 9.47. The zero-order valence-corrected chi connectivity index (χ0v) is 18.5. The molecule has 0 saturated heterocycles. The number of aromatic amines is 1. The fraction of sp³-hybridized carbons (Fsp3) is 0.261. The zero-order valence-electron chi connectivity index (χ0n) is 17.7. The van der Waals surface area contributed by atoms with Crippen molar-refractivity contribution in [3.05, 3.63) is 69.8 Å². The maximum Gasteiger partial charge on any atom is 0.328 e. The number of rotatable bonds is 4. The molecule has 2 aliphatic heterocycles. The fourth-order valence-corrected chi connectivity index (χ4v) is 5.15. The van der Waals surface area contributed by atoms with E-state index in [0.717, 1.165) is 11.1 Å². The van der Waals surface area contributed by atoms with Gasteiger partial charge in [0, 0.05) is 11.3 Å². The van der Waals surface area contributed by atoms with Crippen LogP contribution in [0.5, 0.6) is 17.4 Å². The van der Waals surface area contributed by atoms with Crippen molar-refractivity contribution in [1.82, 2.24) is 9.55 Å². The molecule has 0 spiro atoms. The average Bonchev–Trinajstić information content (AvgIpc) is 3.36. The number of thioether (sulfide) groups is 1. The summed E-state index contributed by atoms with van der Waals surface area (Å²) in [6.07, 6.45) is 1.63. The molecule has 1 aromatic heterocycles. The molecule has 0 unspecified atom stereocenters. The van der Waals surface area contributed by atoms with Crippen LogP contribution in [0.25, 0.3) is 0 Å². The van der Waals surface area contributed by atoms with Gasteiger partial charge in [-0.2, -0.15) is 0 Å². The predicted octanol–water partition coefficient (Wildman–Crippen LogP) is 2.53. The third-order valence-corrected chi connectivity index (χ3v) is 7.04. The molecule has 10 heteroatoms. The summed E-state index contributed by atoms with van der Waals surface area (Å²) >= 11 is 1.33. The van der Waals surface area contributed by atoms with Crippen molar-refractivity contribution in [3.8, 4) is 17.4 Å². The van der Waals surface area contributed by atoms with Crippen LogP contribution in [0, 0.1) is 0 Å². The molecule has 0 bridgehead atoms. The first kappa shape index (κ1) is 21.2. The van der Waals surface area contributed by atoms with Crippen molar-refractivity contribution in [2.45, 2.75) is 30.4 Å². The molecule has 3 aromatic rings. The lowest BCUT2D eigenvalue weighted by molar-refractivity contribution is -0.115. The van der Waals surface area contributed by atoms with Crippen molar-refractivity contribution in [1.29, 1.82) is 0 Å². The summed E-state index contributed by atoms with van der Waals surface area (Å²) in [5, 5.41) is 11.8. The molecular formula is C23H21N3O6S. The molecule has 170 valence electrons. The van der Waals surface area contributed by atoms with E-state index in [1.54, 1.807) is 43.3 Å². The van der Waals surface area contributed by atoms with Crippen LogP contribution < -0.4 is 20.5 Å². The van der Waals surface area contributed by atoms with E-state index in [1.165, 1.54) is 22.5 Å². The van der Waals surface area contributed by atoms with Crippen LogP contribution >= 0.6 is 11.8 Å². The molecule has 5 rings (SSSR count). The number of aromatic hydroxyl groups is 1. The van der Waals surface area contributed by atoms with Crippen molar-refractivity contribution in [2.75, 3.05) is 12.1 Å². The Balaban J connectivity index is 1.31. The number of carbonyl (C=O) groups excluding carboxylic acids is 2. The van der Waals surface area contributed by atoms with Gasteiger partial charge in [-0.1, -0.05) is 12.1 Å². The number of benzene rings is 2. The van der Waals surface area contributed by atoms with E-state index in [2.05, 4.69) is 10.3 Å². The summed E-state index contributed by atoms with van der Waals surface area (Å²) in [5.74, 6) is 0.767. The van der Waals surface area contributed by atoms with Gasteiger partial charge in [-0.05, 0) is 48.7 Å². The highest BCUT2D eigenvalue weighted by atomic mass is 32.2. The maximum atomic E-state index is 13.1. The van der Waals surface area contributed by atoms with Gasteiger partial charge in [0.25, 0.3) is 0 Å². The van der Waals surface area contributed by atoms with E-state index in [4.69, 9.17) is 9.47 Å². The summed E-state index contributed by atoms with van der Waals surface area (Å²) in [5.41, 5.74) is 2.33. The third kappa shape index (κ3) is 4.09. The van der Waals surface area contributed by atoms with Crippen molar-refractivity contribution < 1.29 is 24.2 Å². The number of fused-ring (bicyclic) bond motifs is 2. The predicted molar refractivity (Wildman–Crippen MR) is 122 cm³/mol. The number of imidazole rings is 1. The topological polar surface area (TPSA) is 123 Å². The Kier molecular flexibility index (Phi) is 5.37. The van der Waals surface area contributed by atoms with Gasteiger partial charge in [0.05, 0.1) is 23.2 Å². The summed E-state index contributed by atoms with van der Waals surface area (Å²) in [6.45, 7) is 2.13. The molecule has 2 aromatic carbocycles. The van der Waals surface area contributed by atoms with Gasteiger partial charge >= 0.3 is 5.69 Å². The summed E-state index contributed by atoms with van der Waals surface area (Å²) in [7, 11) is 0. The third-order valence-electron chi connectivity index (χ3n) is 5.71. The molecule has 33 heavy (non-hydrogen) atoms. The monoisotopic (exact) mass is 467 g/mol. The van der Waals surface area contributed by atoms with Crippen LogP contribution in [0.4, 0.5) is 5.69 Å². The Morgan fingerprint density at radius 2 is 1.94 bits per heavy atom. The number of anilines is 1. The Morgan fingerprint density at radius 3 is 2.64 bits per heavy atom. The first-order valence-electron chi connectivity index (χ1n) is 10.4. The van der Waals surface area contributed by atoms with Crippen molar-refractivity contribution >= 4 is 29.1 Å². The minimum absolute atomic E-state index is 0.0313. The normalized spacial score (nSPS) is 19.1. The maximum absolute atomic E-state index is 13.1. The molecule has 2 aliphatic rings. The summed E-state index contributed by atoms with van der Waals surface area (Å²) in [6, 6.07) is 10.5. The Hall–Kier alpha value is -3.66. The number of aromatic nitrogens is 2. The van der Waals surface area contributed by atoms with Gasteiger partial charge in [-0.15, -0.1) is 11.8 Å². The molecule has 9 nitrogen and oxygen atoms in total. The minimum atomic E-state index is -0.458. The second-order valence-electron chi connectivity index (χ2n) is 7.92. The molecule has 2 atom stereocenters. The van der Waals surface area contributed by atoms with E-state index in [1.807, 2.05) is 0 Å². The van der Waals surface area contributed by atoms with Crippen LogP contribution in [0.3, 0.4) is 0 Å². The molecule has 0 radical (unpaired) electrons. The molecular weight excluding hydrogens is 446 g/mol. The molecule has 3 N–H and O–H groups in total. The number of carbonyl (C=O) groups is 2. The Labute approximate surface area is 192 Å². The molecule has 3 heterocycles. The van der Waals surface area contributed by atoms with Crippen LogP contribution in [-0.2, 0) is 17.8 Å². The highest BCUT2D eigenvalue weighted by Gasteiger charge is 2.33. The Morgan fingerprint density at radius 1 is 1.21 bits per heavy atom. The van der Waals surface area contributed by atoms with Gasteiger partial charge in [0.15, 0.2) is 17.3 Å². The van der Waals surface area contributed by atoms with Gasteiger partial charge in [-0.25, -0.2) is 4.79 Å². The van der Waals surface area contributed by atoms with E-state index in [9.17, 15) is 19.5 Å². The number of ether oxygens (including phenoxy) is 2. The van der Waals surface area contributed by atoms with E-state index < -0.39 is 10.9 Å². The van der Waals surface area contributed by atoms with Gasteiger partial charge in [0.1, 0.15) is 0 Å². The number of nitrogens with zero attached hydrogens (tertiary/aromatic N) is 1. The largest absolute Gasteiger partial charge is 0.493 e. The van der Waals surface area contributed by atoms with E-state index in [-0.39, 0.29) is 36.2 Å². The second kappa shape index (κ2) is 8.36. The van der Waals surface area contributed by atoms with E-state index >= 15 is 0 Å². The number of nitrogens with one attached hydrogen (secondary N) is 2. The quantitative estimate of drug-likeness (QED) is 0.539. The first-order chi connectivity index (χ1) is 15.9. The number of Topliss-reactive ketones (excluding diaryl/α,β-unsaturated/α-hetero) is 1. The zero-order chi connectivity index (χ0) is 23.1. The number of H-pyrrole nitrogens is 1. The number of hydrogen-bond acceptors (Lipinski definition) is 7. The van der Waals surface area contributed by atoms with E-state index in [0.29, 0.717) is 29.2 Å². The summed E-state index contributed by atoms with van der Waals surface area (Å²) in [4.78, 5) is 40.1. The molecule has 1 amide bonds. The number of hydrogen-bond donors (Lipinski definition) is 3. The van der Waals surface area contributed by atoms with Crippen LogP contribution in [0.15, 0.2) is 47.4 Å². The standard InChI is InChI=1S/C23H21N3O6S/c1-12-21(28)16-8-18-17(31-11-32-18)6-14(16)7-19(33-12)22(29)25-15-4-2-13(3-5-15)10-26-20(27)9-24-23(26)30/h2-6,8-9,12,19,27H,7,10-11H2,1H3,(H,24,30)(H,25,29)/t12-,19+/m0/s1. The average molecular weight is 468 g/mol. The lowest BCUT2D eigenvalue weighted by atomic mass is 9.97. The SMILES string of the molecule is C[C@@H]1S[C@@H](C(=O)Nc2ccc(Cn3c(O)c[nH]c3=O)cc2)Cc2cc3c(cc2C1=O)OCO3. The fourth-order valence-electron chi connectivity index (χ4n) is 3.95. The van der Waals surface area contributed by atoms with Crippen molar-refractivity contribution in [2.24, 2.45) is 0 Å². The van der Waals surface area contributed by atoms with Gasteiger partial charge < -0.3 is 24.9 Å². The van der Waals surface area contributed by atoms with Crippen LogP contribution in [0.2, 0.25) is 0 Å². The first-order valence-corrected chi connectivity index (χ1v) is 11.3. The van der Waals surface area contributed by atoms with Crippen LogP contribution in [0.1, 0.15) is 28.4 Å². The van der Waals surface area contributed by atoms with Crippen molar-refractivity contribution in [3.63, 3.8) is 0 Å². The number of amides is 1. The van der Waals surface area contributed by atoms with Gasteiger partial charge in [-0.3, -0.25) is 14.2 Å². The highest BCUT2D eigenvalue weighted by molar-refractivity contribution is 8.01. The van der Waals surface area contributed by atoms with Gasteiger partial charge in [0.2, 0.25) is 18.6 Å². The Bertz CT molecular complexity index is 1300. The minimum Gasteiger partial charge on any atom is -0.493 e. The number of ketones is 1.